The van der Waals surface area contributed by atoms with Crippen molar-refractivity contribution in [2.75, 3.05) is 0 Å². The topological polar surface area (TPSA) is 64.1 Å². The number of fused-ring (bicyclic) bond motifs is 1. The van der Waals surface area contributed by atoms with Gasteiger partial charge in [0.1, 0.15) is 12.4 Å². The number of carbonyl (C=O) groups is 1. The Morgan fingerprint density at radius 2 is 1.87 bits per heavy atom. The van der Waals surface area contributed by atoms with Crippen LogP contribution in [0.1, 0.15) is 27.2 Å². The number of carbonyl (C=O) groups excluding carboxylic acids is 1. The fourth-order valence-electron chi connectivity index (χ4n) is 3.17. The summed E-state index contributed by atoms with van der Waals surface area (Å²) in [5.74, 6) is -0.140. The number of hydrogen-bond acceptors (Lipinski definition) is 4. The number of pyridine rings is 2. The minimum atomic E-state index is -0.383. The van der Waals surface area contributed by atoms with Gasteiger partial charge in [0.25, 0.3) is 5.91 Å². The number of benzene rings is 2. The number of nitrogens with zero attached hydrogens (tertiary/aromatic N) is 2. The normalized spacial score (nSPS) is 10.7. The van der Waals surface area contributed by atoms with Gasteiger partial charge in [0.05, 0.1) is 11.1 Å². The lowest BCUT2D eigenvalue weighted by Crippen LogP contribution is -2.23. The third kappa shape index (κ3) is 4.60. The number of ether oxygens (including phenoxy) is 1. The van der Waals surface area contributed by atoms with Gasteiger partial charge in [-0.3, -0.25) is 9.78 Å². The summed E-state index contributed by atoms with van der Waals surface area (Å²) in [7, 11) is 0. The van der Waals surface area contributed by atoms with Crippen molar-refractivity contribution in [1.82, 2.24) is 15.3 Å². The van der Waals surface area contributed by atoms with Crippen LogP contribution >= 0.6 is 0 Å². The van der Waals surface area contributed by atoms with Crippen LogP contribution in [0.25, 0.3) is 10.9 Å². The molecule has 0 saturated carbocycles. The predicted molar refractivity (Wildman–Crippen MR) is 113 cm³/mol. The Morgan fingerprint density at radius 3 is 2.70 bits per heavy atom. The fourth-order valence-corrected chi connectivity index (χ4v) is 3.17. The third-order valence-corrected chi connectivity index (χ3v) is 4.63. The van der Waals surface area contributed by atoms with E-state index in [9.17, 15) is 9.18 Å². The SMILES string of the molecule is Cc1cc(C(=O)NCc2ccnc(OCc3ccccc3)c2)c2ccc(F)cc2n1. The van der Waals surface area contributed by atoms with E-state index in [2.05, 4.69) is 15.3 Å². The third-order valence-electron chi connectivity index (χ3n) is 4.63. The van der Waals surface area contributed by atoms with E-state index in [0.717, 1.165) is 11.1 Å². The Balaban J connectivity index is 1.45. The number of nitrogens with one attached hydrogen (secondary N) is 1. The summed E-state index contributed by atoms with van der Waals surface area (Å²) in [5, 5.41) is 3.52. The maximum atomic E-state index is 13.5. The van der Waals surface area contributed by atoms with E-state index < -0.39 is 0 Å². The minimum absolute atomic E-state index is 0.249. The van der Waals surface area contributed by atoms with Crippen LogP contribution in [-0.4, -0.2) is 15.9 Å². The standard InChI is InChI=1S/C24H20FN3O2/c1-16-11-21(20-8-7-19(25)13-22(20)28-16)24(29)27-14-18-9-10-26-23(12-18)30-15-17-5-3-2-4-6-17/h2-13H,14-15H2,1H3,(H,27,29). The first-order valence-corrected chi connectivity index (χ1v) is 9.55. The first-order valence-electron chi connectivity index (χ1n) is 9.55. The number of aromatic nitrogens is 2. The van der Waals surface area contributed by atoms with Crippen molar-refractivity contribution >= 4 is 16.8 Å². The zero-order chi connectivity index (χ0) is 20.9. The Bertz CT molecular complexity index is 1190. The summed E-state index contributed by atoms with van der Waals surface area (Å²) < 4.78 is 19.3. The minimum Gasteiger partial charge on any atom is -0.473 e. The average molecular weight is 401 g/mol. The first-order chi connectivity index (χ1) is 14.6. The Labute approximate surface area is 173 Å². The molecule has 1 amide bonds. The van der Waals surface area contributed by atoms with E-state index in [1.54, 1.807) is 31.3 Å². The number of hydrogen-bond donors (Lipinski definition) is 1. The highest BCUT2D eigenvalue weighted by Gasteiger charge is 2.13. The van der Waals surface area contributed by atoms with Gasteiger partial charge in [-0.05, 0) is 42.3 Å². The second kappa shape index (κ2) is 8.69. The van der Waals surface area contributed by atoms with Crippen LogP contribution in [0.15, 0.2) is 72.9 Å². The first kappa shape index (κ1) is 19.5. The molecule has 0 aliphatic heterocycles. The molecule has 0 aliphatic rings. The lowest BCUT2D eigenvalue weighted by Gasteiger charge is -2.10. The predicted octanol–water partition coefficient (Wildman–Crippen LogP) is 4.59. The summed E-state index contributed by atoms with van der Waals surface area (Å²) in [6.45, 7) is 2.51. The molecule has 2 heterocycles. The van der Waals surface area contributed by atoms with Crippen LogP contribution in [0.5, 0.6) is 5.88 Å². The van der Waals surface area contributed by atoms with E-state index in [4.69, 9.17) is 4.74 Å². The van der Waals surface area contributed by atoms with Gasteiger partial charge in [-0.2, -0.15) is 0 Å². The molecule has 5 nitrogen and oxygen atoms in total. The molecule has 0 unspecified atom stereocenters. The molecule has 0 saturated heterocycles. The molecule has 4 aromatic rings. The number of aryl methyl sites for hydroxylation is 1. The Hall–Kier alpha value is -3.80. The molecular formula is C24H20FN3O2. The Morgan fingerprint density at radius 1 is 1.03 bits per heavy atom. The summed E-state index contributed by atoms with van der Waals surface area (Å²) in [6.07, 6.45) is 1.65. The molecule has 30 heavy (non-hydrogen) atoms. The molecule has 0 radical (unpaired) electrons. The van der Waals surface area contributed by atoms with E-state index in [0.29, 0.717) is 41.2 Å². The molecule has 2 aromatic heterocycles. The zero-order valence-corrected chi connectivity index (χ0v) is 16.4. The molecule has 4 rings (SSSR count). The van der Waals surface area contributed by atoms with Gasteiger partial charge in [-0.15, -0.1) is 0 Å². The maximum absolute atomic E-state index is 13.5. The van der Waals surface area contributed by atoms with Crippen molar-refractivity contribution in [2.45, 2.75) is 20.1 Å². The van der Waals surface area contributed by atoms with Crippen LogP contribution in [0.3, 0.4) is 0 Å². The summed E-state index contributed by atoms with van der Waals surface area (Å²) >= 11 is 0. The molecule has 0 aliphatic carbocycles. The summed E-state index contributed by atoms with van der Waals surface area (Å²) in [5.41, 5.74) is 3.49. The largest absolute Gasteiger partial charge is 0.473 e. The maximum Gasteiger partial charge on any atom is 0.252 e. The van der Waals surface area contributed by atoms with Gasteiger partial charge in [-0.25, -0.2) is 9.37 Å². The molecular weight excluding hydrogens is 381 g/mol. The van der Waals surface area contributed by atoms with Crippen molar-refractivity contribution in [3.63, 3.8) is 0 Å². The van der Waals surface area contributed by atoms with E-state index in [1.807, 2.05) is 36.4 Å². The Kier molecular flexibility index (Phi) is 5.66. The van der Waals surface area contributed by atoms with Crippen LogP contribution in [0, 0.1) is 12.7 Å². The van der Waals surface area contributed by atoms with Crippen molar-refractivity contribution in [3.05, 3.63) is 101 Å². The van der Waals surface area contributed by atoms with Crippen LogP contribution in [0.4, 0.5) is 4.39 Å². The molecule has 6 heteroatoms. The smallest absolute Gasteiger partial charge is 0.252 e. The fraction of sp³-hybridized carbons (Fsp3) is 0.125. The van der Waals surface area contributed by atoms with E-state index in [1.165, 1.54) is 12.1 Å². The highest BCUT2D eigenvalue weighted by atomic mass is 19.1. The van der Waals surface area contributed by atoms with Gasteiger partial charge in [0.15, 0.2) is 0 Å². The molecule has 0 atom stereocenters. The van der Waals surface area contributed by atoms with Gasteiger partial charge < -0.3 is 10.1 Å². The lowest BCUT2D eigenvalue weighted by molar-refractivity contribution is 0.0952. The average Bonchev–Trinajstić information content (AvgIpc) is 2.76. The highest BCUT2D eigenvalue weighted by molar-refractivity contribution is 6.06. The molecule has 0 spiro atoms. The second-order valence-electron chi connectivity index (χ2n) is 6.93. The zero-order valence-electron chi connectivity index (χ0n) is 16.4. The van der Waals surface area contributed by atoms with Crippen molar-refractivity contribution in [3.8, 4) is 5.88 Å². The number of halogens is 1. The van der Waals surface area contributed by atoms with Crippen LogP contribution in [-0.2, 0) is 13.2 Å². The molecule has 2 aromatic carbocycles. The molecule has 150 valence electrons. The van der Waals surface area contributed by atoms with Crippen molar-refractivity contribution < 1.29 is 13.9 Å². The number of rotatable bonds is 6. The van der Waals surface area contributed by atoms with Gasteiger partial charge in [0, 0.05) is 36.0 Å². The number of amides is 1. The van der Waals surface area contributed by atoms with Gasteiger partial charge >= 0.3 is 0 Å². The van der Waals surface area contributed by atoms with E-state index >= 15 is 0 Å². The van der Waals surface area contributed by atoms with Crippen LogP contribution in [0.2, 0.25) is 0 Å². The van der Waals surface area contributed by atoms with Crippen LogP contribution < -0.4 is 10.1 Å². The summed E-state index contributed by atoms with van der Waals surface area (Å²) in [6, 6.07) is 19.4. The summed E-state index contributed by atoms with van der Waals surface area (Å²) in [4.78, 5) is 21.3. The van der Waals surface area contributed by atoms with Gasteiger partial charge in [0.2, 0.25) is 5.88 Å². The molecule has 1 N–H and O–H groups in total. The lowest BCUT2D eigenvalue weighted by atomic mass is 10.1. The molecule has 0 bridgehead atoms. The second-order valence-corrected chi connectivity index (χ2v) is 6.93. The van der Waals surface area contributed by atoms with Gasteiger partial charge in [-0.1, -0.05) is 30.3 Å². The van der Waals surface area contributed by atoms with Crippen molar-refractivity contribution in [1.29, 1.82) is 0 Å². The monoisotopic (exact) mass is 401 g/mol. The quantitative estimate of drug-likeness (QED) is 0.513. The highest BCUT2D eigenvalue weighted by Crippen LogP contribution is 2.20. The van der Waals surface area contributed by atoms with E-state index in [-0.39, 0.29) is 11.7 Å². The van der Waals surface area contributed by atoms with Crippen molar-refractivity contribution in [2.24, 2.45) is 0 Å². The molecule has 0 fully saturated rings.